The molecular weight excluding hydrogens is 186 g/mol. The molecule has 0 saturated carbocycles. The first-order valence-electron chi connectivity index (χ1n) is 6.03. The van der Waals surface area contributed by atoms with E-state index >= 15 is 0 Å². The fourth-order valence-electron chi connectivity index (χ4n) is 2.75. The Morgan fingerprint density at radius 2 is 2.13 bits per heavy atom. The molecule has 2 heterocycles. The van der Waals surface area contributed by atoms with Gasteiger partial charge in [0.1, 0.15) is 5.76 Å². The Kier molecular flexibility index (Phi) is 3.15. The molecule has 0 aromatic rings. The van der Waals surface area contributed by atoms with Crippen LogP contribution in [0, 0.1) is 5.41 Å². The third-order valence-electron chi connectivity index (χ3n) is 3.58. The molecule has 2 rings (SSSR count). The van der Waals surface area contributed by atoms with Crippen LogP contribution in [0.5, 0.6) is 0 Å². The highest BCUT2D eigenvalue weighted by atomic mass is 16.5. The topological polar surface area (TPSA) is 21.3 Å². The molecule has 2 heteroatoms. The predicted molar refractivity (Wildman–Crippen MR) is 62.6 cm³/mol. The van der Waals surface area contributed by atoms with Crippen molar-refractivity contribution in [3.8, 4) is 0 Å². The van der Waals surface area contributed by atoms with Crippen LogP contribution in [0.3, 0.4) is 0 Å². The van der Waals surface area contributed by atoms with Gasteiger partial charge in [0.05, 0.1) is 6.61 Å². The summed E-state index contributed by atoms with van der Waals surface area (Å²) in [7, 11) is 0. The summed E-state index contributed by atoms with van der Waals surface area (Å²) >= 11 is 0. The molecule has 1 spiro atoms. The highest BCUT2D eigenvalue weighted by Gasteiger charge is 2.42. The number of rotatable bonds is 1. The van der Waals surface area contributed by atoms with Crippen LogP contribution in [0.2, 0.25) is 0 Å². The van der Waals surface area contributed by atoms with Gasteiger partial charge in [-0.3, -0.25) is 0 Å². The van der Waals surface area contributed by atoms with E-state index in [1.165, 1.54) is 18.4 Å². The van der Waals surface area contributed by atoms with Gasteiger partial charge < -0.3 is 10.1 Å². The van der Waals surface area contributed by atoms with E-state index in [-0.39, 0.29) is 0 Å². The minimum atomic E-state index is 0.320. The van der Waals surface area contributed by atoms with Crippen molar-refractivity contribution in [2.45, 2.75) is 33.1 Å². The predicted octanol–water partition coefficient (Wildman–Crippen LogP) is 2.63. The molecule has 0 bridgehead atoms. The fraction of sp³-hybridized carbons (Fsp3) is 0.692. The molecule has 0 aromatic carbocycles. The summed E-state index contributed by atoms with van der Waals surface area (Å²) in [5, 5.41) is 3.43. The van der Waals surface area contributed by atoms with Gasteiger partial charge >= 0.3 is 0 Å². The molecular formula is C13H21NO. The quantitative estimate of drug-likeness (QED) is 0.713. The van der Waals surface area contributed by atoms with E-state index in [0.717, 1.165) is 31.9 Å². The molecule has 2 aliphatic rings. The molecule has 15 heavy (non-hydrogen) atoms. The Morgan fingerprint density at radius 1 is 1.40 bits per heavy atom. The molecule has 2 fully saturated rings. The highest BCUT2D eigenvalue weighted by molar-refractivity contribution is 5.37. The molecule has 0 aliphatic carbocycles. The third kappa shape index (κ3) is 1.83. The number of piperidine rings is 1. The van der Waals surface area contributed by atoms with Crippen LogP contribution >= 0.6 is 0 Å². The molecule has 2 aliphatic heterocycles. The van der Waals surface area contributed by atoms with E-state index in [2.05, 4.69) is 31.3 Å². The van der Waals surface area contributed by atoms with Gasteiger partial charge in [-0.25, -0.2) is 0 Å². The number of hydrogen-bond acceptors (Lipinski definition) is 2. The van der Waals surface area contributed by atoms with E-state index < -0.39 is 0 Å². The maximum absolute atomic E-state index is 5.86. The number of hydrogen-bond donors (Lipinski definition) is 1. The average molecular weight is 207 g/mol. The summed E-state index contributed by atoms with van der Waals surface area (Å²) in [6.07, 6.45) is 7.95. The van der Waals surface area contributed by atoms with Gasteiger partial charge in [-0.1, -0.05) is 13.0 Å². The van der Waals surface area contributed by atoms with Crippen LogP contribution in [0.4, 0.5) is 0 Å². The van der Waals surface area contributed by atoms with Gasteiger partial charge in [0.15, 0.2) is 0 Å². The van der Waals surface area contributed by atoms with Crippen molar-refractivity contribution in [2.75, 3.05) is 19.7 Å². The van der Waals surface area contributed by atoms with Crippen molar-refractivity contribution in [2.24, 2.45) is 5.41 Å². The van der Waals surface area contributed by atoms with Crippen LogP contribution < -0.4 is 5.32 Å². The normalized spacial score (nSPS) is 30.0. The van der Waals surface area contributed by atoms with Crippen molar-refractivity contribution in [1.29, 1.82) is 0 Å². The second kappa shape index (κ2) is 4.40. The zero-order valence-corrected chi connectivity index (χ0v) is 9.81. The third-order valence-corrected chi connectivity index (χ3v) is 3.58. The molecule has 1 N–H and O–H groups in total. The van der Waals surface area contributed by atoms with E-state index in [1.54, 1.807) is 0 Å². The Morgan fingerprint density at radius 3 is 2.73 bits per heavy atom. The lowest BCUT2D eigenvalue weighted by Gasteiger charge is -2.32. The summed E-state index contributed by atoms with van der Waals surface area (Å²) in [6.45, 7) is 7.44. The van der Waals surface area contributed by atoms with Crippen LogP contribution in [-0.2, 0) is 4.74 Å². The lowest BCUT2D eigenvalue weighted by molar-refractivity contribution is 0.156. The van der Waals surface area contributed by atoms with Crippen molar-refractivity contribution < 1.29 is 4.74 Å². The van der Waals surface area contributed by atoms with E-state index in [1.807, 2.05) is 0 Å². The SMILES string of the molecule is CC=C1/C(=C\CC)OCC12CCNCC2. The largest absolute Gasteiger partial charge is 0.493 e. The zero-order valence-electron chi connectivity index (χ0n) is 9.81. The first-order valence-corrected chi connectivity index (χ1v) is 6.03. The average Bonchev–Trinajstić information content (AvgIpc) is 2.58. The minimum absolute atomic E-state index is 0.320. The lowest BCUT2D eigenvalue weighted by atomic mass is 9.74. The van der Waals surface area contributed by atoms with Gasteiger partial charge in [0, 0.05) is 5.41 Å². The number of allylic oxidation sites excluding steroid dienone is 3. The molecule has 2 saturated heterocycles. The Labute approximate surface area is 92.4 Å². The van der Waals surface area contributed by atoms with Crippen molar-refractivity contribution in [3.63, 3.8) is 0 Å². The molecule has 84 valence electrons. The maximum Gasteiger partial charge on any atom is 0.118 e. The fourth-order valence-corrected chi connectivity index (χ4v) is 2.75. The lowest BCUT2D eigenvalue weighted by Crippen LogP contribution is -2.38. The van der Waals surface area contributed by atoms with Gasteiger partial charge in [-0.05, 0) is 50.9 Å². The first-order chi connectivity index (χ1) is 7.32. The Hall–Kier alpha value is -0.760. The van der Waals surface area contributed by atoms with Crippen LogP contribution in [-0.4, -0.2) is 19.7 Å². The van der Waals surface area contributed by atoms with E-state index in [9.17, 15) is 0 Å². The summed E-state index contributed by atoms with van der Waals surface area (Å²) in [5.41, 5.74) is 1.77. The summed E-state index contributed by atoms with van der Waals surface area (Å²) in [6, 6.07) is 0. The Balaban J connectivity index is 2.24. The number of nitrogens with one attached hydrogen (secondary N) is 1. The summed E-state index contributed by atoms with van der Waals surface area (Å²) in [4.78, 5) is 0. The smallest absolute Gasteiger partial charge is 0.118 e. The summed E-state index contributed by atoms with van der Waals surface area (Å²) < 4.78 is 5.86. The van der Waals surface area contributed by atoms with Gasteiger partial charge in [-0.2, -0.15) is 0 Å². The van der Waals surface area contributed by atoms with Gasteiger partial charge in [0.2, 0.25) is 0 Å². The molecule has 0 radical (unpaired) electrons. The van der Waals surface area contributed by atoms with Crippen LogP contribution in [0.1, 0.15) is 33.1 Å². The van der Waals surface area contributed by atoms with Gasteiger partial charge in [0.25, 0.3) is 0 Å². The highest BCUT2D eigenvalue weighted by Crippen LogP contribution is 2.46. The minimum Gasteiger partial charge on any atom is -0.493 e. The molecule has 0 atom stereocenters. The van der Waals surface area contributed by atoms with Crippen LogP contribution in [0.15, 0.2) is 23.5 Å². The van der Waals surface area contributed by atoms with Crippen LogP contribution in [0.25, 0.3) is 0 Å². The van der Waals surface area contributed by atoms with E-state index in [0.29, 0.717) is 5.41 Å². The second-order valence-corrected chi connectivity index (χ2v) is 4.50. The molecule has 2 nitrogen and oxygen atoms in total. The van der Waals surface area contributed by atoms with Crippen molar-refractivity contribution >= 4 is 0 Å². The van der Waals surface area contributed by atoms with E-state index in [4.69, 9.17) is 4.74 Å². The number of ether oxygens (including phenoxy) is 1. The standard InChI is InChI=1S/C13H21NO/c1-3-5-12-11(4-2)13(10-15-12)6-8-14-9-7-13/h4-5,14H,3,6-10H2,1-2H3/b11-4?,12-5+. The molecule has 0 aromatic heterocycles. The van der Waals surface area contributed by atoms with Crippen molar-refractivity contribution in [3.05, 3.63) is 23.5 Å². The monoisotopic (exact) mass is 207 g/mol. The maximum atomic E-state index is 5.86. The first kappa shape index (κ1) is 10.7. The zero-order chi connectivity index (χ0) is 10.7. The molecule has 0 amide bonds. The second-order valence-electron chi connectivity index (χ2n) is 4.50. The summed E-state index contributed by atoms with van der Waals surface area (Å²) in [5.74, 6) is 1.14. The molecule has 0 unspecified atom stereocenters. The Bertz CT molecular complexity index is 285. The van der Waals surface area contributed by atoms with Crippen molar-refractivity contribution in [1.82, 2.24) is 5.32 Å². The van der Waals surface area contributed by atoms with Gasteiger partial charge in [-0.15, -0.1) is 0 Å².